The zero-order chi connectivity index (χ0) is 25.2. The van der Waals surface area contributed by atoms with E-state index in [-0.39, 0.29) is 24.0 Å². The van der Waals surface area contributed by atoms with Crippen molar-refractivity contribution in [3.63, 3.8) is 0 Å². The number of nitro benzene ring substituents is 1. The minimum atomic E-state index is -0.749. The molecule has 0 saturated heterocycles. The van der Waals surface area contributed by atoms with Crippen LogP contribution in [0.3, 0.4) is 0 Å². The molecule has 3 aromatic rings. The molecule has 2 heterocycles. The monoisotopic (exact) mass is 500 g/mol. The average Bonchev–Trinajstić information content (AvgIpc) is 3.42. The third-order valence-electron chi connectivity index (χ3n) is 6.62. The number of nitro groups is 1. The van der Waals surface area contributed by atoms with Crippen LogP contribution in [0.15, 0.2) is 94.7 Å². The highest BCUT2D eigenvalue weighted by Crippen LogP contribution is 2.46. The van der Waals surface area contributed by atoms with Crippen LogP contribution in [0.4, 0.5) is 5.69 Å². The number of ketones is 1. The largest absolute Gasteiger partial charge is 0.457 e. The van der Waals surface area contributed by atoms with Crippen LogP contribution in [-0.4, -0.2) is 16.7 Å². The molecule has 0 bridgehead atoms. The molecule has 1 N–H and O–H groups in total. The van der Waals surface area contributed by atoms with Crippen LogP contribution >= 0.6 is 11.3 Å². The summed E-state index contributed by atoms with van der Waals surface area (Å²) in [5, 5.41) is 16.8. The van der Waals surface area contributed by atoms with Gasteiger partial charge in [0.2, 0.25) is 0 Å². The van der Waals surface area contributed by atoms with Crippen molar-refractivity contribution in [2.75, 3.05) is 0 Å². The van der Waals surface area contributed by atoms with Crippen molar-refractivity contribution in [3.05, 3.63) is 121 Å². The molecule has 2 aromatic carbocycles. The van der Waals surface area contributed by atoms with Gasteiger partial charge in [-0.1, -0.05) is 48.5 Å². The molecule has 2 atom stereocenters. The van der Waals surface area contributed by atoms with Crippen LogP contribution < -0.4 is 5.32 Å². The van der Waals surface area contributed by atoms with Gasteiger partial charge in [0, 0.05) is 52.2 Å². The smallest absolute Gasteiger partial charge is 0.337 e. The minimum absolute atomic E-state index is 0.0499. The number of thiophene rings is 1. The summed E-state index contributed by atoms with van der Waals surface area (Å²) in [6.45, 7) is 1.87. The van der Waals surface area contributed by atoms with Crippen LogP contribution in [0.25, 0.3) is 0 Å². The van der Waals surface area contributed by atoms with Crippen molar-refractivity contribution in [1.29, 1.82) is 0 Å². The van der Waals surface area contributed by atoms with E-state index in [1.165, 1.54) is 12.1 Å². The molecule has 1 aliphatic carbocycles. The molecule has 7 nitrogen and oxygen atoms in total. The second-order valence-corrected chi connectivity index (χ2v) is 9.93. The molecular formula is C28H24N2O5S. The zero-order valence-electron chi connectivity index (χ0n) is 19.6. The van der Waals surface area contributed by atoms with Gasteiger partial charge in [0.05, 0.1) is 10.5 Å². The van der Waals surface area contributed by atoms with Crippen molar-refractivity contribution in [2.45, 2.75) is 38.2 Å². The second-order valence-electron chi connectivity index (χ2n) is 8.95. The highest BCUT2D eigenvalue weighted by Gasteiger charge is 2.42. The molecule has 5 rings (SSSR count). The molecule has 0 amide bonds. The fourth-order valence-electron chi connectivity index (χ4n) is 4.99. The lowest BCUT2D eigenvalue weighted by Gasteiger charge is -2.36. The van der Waals surface area contributed by atoms with Crippen LogP contribution in [-0.2, 0) is 20.9 Å². The lowest BCUT2D eigenvalue weighted by atomic mass is 9.72. The van der Waals surface area contributed by atoms with E-state index in [1.807, 2.05) is 47.8 Å². The Morgan fingerprint density at radius 3 is 2.64 bits per heavy atom. The molecule has 182 valence electrons. The lowest BCUT2D eigenvalue weighted by molar-refractivity contribution is -0.384. The lowest BCUT2D eigenvalue weighted by Crippen LogP contribution is -2.36. The standard InChI is InChI=1S/C28H24N2O5S/c1-17-25(28(32)35-16-18-7-3-2-4-8-18)26(19-9-5-10-21(13-19)30(33)34)27-22(29-17)14-20(15-23(27)31)24-11-6-12-36-24/h2-13,20,26,29H,14-16H2,1H3. The number of ether oxygens (including phenoxy) is 1. The average molecular weight is 501 g/mol. The third kappa shape index (κ3) is 4.59. The number of nitrogens with zero attached hydrogens (tertiary/aromatic N) is 1. The highest BCUT2D eigenvalue weighted by molar-refractivity contribution is 7.10. The van der Waals surface area contributed by atoms with Gasteiger partial charge < -0.3 is 10.1 Å². The van der Waals surface area contributed by atoms with Crippen molar-refractivity contribution < 1.29 is 19.2 Å². The summed E-state index contributed by atoms with van der Waals surface area (Å²) in [6.07, 6.45) is 0.939. The molecule has 2 aliphatic rings. The maximum Gasteiger partial charge on any atom is 0.337 e. The summed E-state index contributed by atoms with van der Waals surface area (Å²) in [5.74, 6) is -1.32. The van der Waals surface area contributed by atoms with Crippen molar-refractivity contribution in [3.8, 4) is 0 Å². The Bertz CT molecular complexity index is 1390. The Balaban J connectivity index is 1.55. The van der Waals surface area contributed by atoms with Crippen LogP contribution in [0.1, 0.15) is 47.6 Å². The van der Waals surface area contributed by atoms with Crippen LogP contribution in [0.2, 0.25) is 0 Å². The number of hydrogen-bond donors (Lipinski definition) is 1. The van der Waals surface area contributed by atoms with Crippen molar-refractivity contribution in [1.82, 2.24) is 5.32 Å². The Labute approximate surface area is 212 Å². The third-order valence-corrected chi connectivity index (χ3v) is 7.65. The van der Waals surface area contributed by atoms with E-state index in [0.717, 1.165) is 16.1 Å². The maximum atomic E-state index is 13.6. The fraction of sp³-hybridized carbons (Fsp3) is 0.214. The quantitative estimate of drug-likeness (QED) is 0.262. The van der Waals surface area contributed by atoms with E-state index in [2.05, 4.69) is 5.32 Å². The fourth-order valence-corrected chi connectivity index (χ4v) is 5.82. The van der Waals surface area contributed by atoms with Gasteiger partial charge in [-0.2, -0.15) is 0 Å². The zero-order valence-corrected chi connectivity index (χ0v) is 20.4. The van der Waals surface area contributed by atoms with Crippen LogP contribution in [0, 0.1) is 10.1 Å². The molecule has 0 fully saturated rings. The molecule has 1 aliphatic heterocycles. The number of rotatable bonds is 6. The van der Waals surface area contributed by atoms with Gasteiger partial charge in [0.1, 0.15) is 6.61 Å². The molecule has 36 heavy (non-hydrogen) atoms. The summed E-state index contributed by atoms with van der Waals surface area (Å²) < 4.78 is 5.66. The van der Waals surface area contributed by atoms with Gasteiger partial charge >= 0.3 is 5.97 Å². The molecule has 8 heteroatoms. The maximum absolute atomic E-state index is 13.6. The summed E-state index contributed by atoms with van der Waals surface area (Å²) >= 11 is 1.62. The summed E-state index contributed by atoms with van der Waals surface area (Å²) in [4.78, 5) is 39.2. The van der Waals surface area contributed by atoms with Gasteiger partial charge in [0.15, 0.2) is 5.78 Å². The predicted octanol–water partition coefficient (Wildman–Crippen LogP) is 5.76. The Hall–Kier alpha value is -4.04. The number of allylic oxidation sites excluding steroid dienone is 3. The first kappa shape index (κ1) is 23.7. The van der Waals surface area contributed by atoms with Gasteiger partial charge in [-0.05, 0) is 35.9 Å². The minimum Gasteiger partial charge on any atom is -0.457 e. The first-order chi connectivity index (χ1) is 17.4. The van der Waals surface area contributed by atoms with Gasteiger partial charge in [-0.15, -0.1) is 11.3 Å². The number of hydrogen-bond acceptors (Lipinski definition) is 7. The summed E-state index contributed by atoms with van der Waals surface area (Å²) in [7, 11) is 0. The van der Waals surface area contributed by atoms with Crippen LogP contribution in [0.5, 0.6) is 0 Å². The SMILES string of the molecule is CC1=C(C(=O)OCc2ccccc2)C(c2cccc([N+](=O)[O-])c2)C2=C(CC(c3cccs3)CC2=O)N1. The molecule has 0 spiro atoms. The molecular weight excluding hydrogens is 476 g/mol. The molecule has 0 radical (unpaired) electrons. The molecule has 1 aromatic heterocycles. The first-order valence-electron chi connectivity index (χ1n) is 11.6. The number of carbonyl (C=O) groups is 2. The molecule has 0 saturated carbocycles. The van der Waals surface area contributed by atoms with Crippen molar-refractivity contribution >= 4 is 28.8 Å². The number of carbonyl (C=O) groups excluding carboxylic acids is 2. The van der Waals surface area contributed by atoms with Gasteiger partial charge in [-0.3, -0.25) is 14.9 Å². The first-order valence-corrected chi connectivity index (χ1v) is 12.5. The normalized spacial score (nSPS) is 19.5. The second kappa shape index (κ2) is 9.91. The van der Waals surface area contributed by atoms with Crippen molar-refractivity contribution in [2.24, 2.45) is 0 Å². The van der Waals surface area contributed by atoms with E-state index in [4.69, 9.17) is 4.74 Å². The number of non-ortho nitro benzene ring substituents is 1. The number of benzene rings is 2. The number of Topliss-reactive ketones (excluding diaryl/α,β-unsaturated/α-hetero) is 1. The molecule has 2 unspecified atom stereocenters. The Morgan fingerprint density at radius 2 is 1.92 bits per heavy atom. The van der Waals surface area contributed by atoms with Gasteiger partial charge in [-0.25, -0.2) is 4.79 Å². The van der Waals surface area contributed by atoms with E-state index in [0.29, 0.717) is 35.2 Å². The number of nitrogens with one attached hydrogen (secondary N) is 1. The van der Waals surface area contributed by atoms with E-state index >= 15 is 0 Å². The van der Waals surface area contributed by atoms with E-state index in [9.17, 15) is 19.7 Å². The van der Waals surface area contributed by atoms with E-state index < -0.39 is 16.8 Å². The predicted molar refractivity (Wildman–Crippen MR) is 136 cm³/mol. The summed E-state index contributed by atoms with van der Waals surface area (Å²) in [5.41, 5.74) is 3.40. The van der Waals surface area contributed by atoms with E-state index in [1.54, 1.807) is 30.4 Å². The van der Waals surface area contributed by atoms with Gasteiger partial charge in [0.25, 0.3) is 5.69 Å². The Morgan fingerprint density at radius 1 is 1.11 bits per heavy atom. The Kier molecular flexibility index (Phi) is 6.52. The topological polar surface area (TPSA) is 98.5 Å². The number of dihydropyridines is 1. The summed E-state index contributed by atoms with van der Waals surface area (Å²) in [6, 6.07) is 19.5. The number of esters is 1. The highest BCUT2D eigenvalue weighted by atomic mass is 32.1.